The Morgan fingerprint density at radius 1 is 0.393 bits per heavy atom. The van der Waals surface area contributed by atoms with Gasteiger partial charge in [-0.05, 0) is 119 Å². The summed E-state index contributed by atoms with van der Waals surface area (Å²) in [5, 5.41) is 1.63. The number of alkyl halides is 4. The van der Waals surface area contributed by atoms with Gasteiger partial charge in [-0.25, -0.2) is 0 Å². The molecular formula is C68H86Cl4N8O4+4. The molecule has 4 unspecified atom stereocenters. The number of hydrogen-bond acceptors (Lipinski definition) is 6. The van der Waals surface area contributed by atoms with Crippen LogP contribution in [-0.4, -0.2) is 186 Å². The van der Waals surface area contributed by atoms with Crippen LogP contribution in [0.3, 0.4) is 0 Å². The smallest absolute Gasteiger partial charge is 0.181 e. The van der Waals surface area contributed by atoms with Crippen LogP contribution >= 0.6 is 46.4 Å². The molecule has 446 valence electrons. The Hall–Kier alpha value is -5.80. The molecule has 4 aromatic carbocycles. The van der Waals surface area contributed by atoms with Crippen LogP contribution in [0.4, 0.5) is 0 Å². The third-order valence-electron chi connectivity index (χ3n) is 15.4. The fourth-order valence-corrected chi connectivity index (χ4v) is 12.3. The molecule has 0 amide bonds. The molecule has 5 heterocycles. The van der Waals surface area contributed by atoms with Crippen LogP contribution < -0.4 is 29.6 Å². The quantitative estimate of drug-likeness (QED) is 0.0273. The summed E-state index contributed by atoms with van der Waals surface area (Å²) in [6.07, 6.45) is 11.1. The molecule has 0 saturated carbocycles. The highest BCUT2D eigenvalue weighted by Crippen LogP contribution is 2.57. The van der Waals surface area contributed by atoms with Crippen molar-refractivity contribution in [3.8, 4) is 23.0 Å². The second kappa shape index (κ2) is 24.9. The number of H-pyrrole nitrogens is 2. The predicted molar refractivity (Wildman–Crippen MR) is 347 cm³/mol. The minimum absolute atomic E-state index is 0.365. The van der Waals surface area contributed by atoms with Gasteiger partial charge < -0.3 is 46.8 Å². The Morgan fingerprint density at radius 2 is 0.762 bits per heavy atom. The summed E-state index contributed by atoms with van der Waals surface area (Å²) in [5.74, 6) is 2.98. The molecule has 0 radical (unpaired) electrons. The summed E-state index contributed by atoms with van der Waals surface area (Å²) in [6, 6.07) is 40.1. The summed E-state index contributed by atoms with van der Waals surface area (Å²) in [6.45, 7) is 6.28. The van der Waals surface area contributed by atoms with Gasteiger partial charge in [0.15, 0.2) is 19.7 Å². The van der Waals surface area contributed by atoms with E-state index in [2.05, 4.69) is 137 Å². The van der Waals surface area contributed by atoms with E-state index in [1.54, 1.807) is 0 Å². The predicted octanol–water partition coefficient (Wildman–Crippen LogP) is 11.2. The summed E-state index contributed by atoms with van der Waals surface area (Å²) in [7, 11) is 26.2. The topological polar surface area (TPSA) is 93.2 Å². The van der Waals surface area contributed by atoms with E-state index in [0.717, 1.165) is 120 Å². The number of hydrogen-bond donors (Lipinski definition) is 2. The van der Waals surface area contributed by atoms with Gasteiger partial charge in [0.1, 0.15) is 23.0 Å². The largest absolute Gasteiger partial charge is 0.493 e. The molecule has 0 aliphatic carbocycles. The number of quaternary nitrogens is 4. The van der Waals surface area contributed by atoms with Crippen molar-refractivity contribution in [1.82, 2.24) is 9.97 Å². The zero-order valence-electron chi connectivity index (χ0n) is 51.2. The van der Waals surface area contributed by atoms with E-state index in [9.17, 15) is 0 Å². The molecule has 0 fully saturated rings. The van der Waals surface area contributed by atoms with Gasteiger partial charge in [0.05, 0.1) is 149 Å². The van der Waals surface area contributed by atoms with Gasteiger partial charge in [0.25, 0.3) is 0 Å². The third kappa shape index (κ3) is 14.5. The lowest BCUT2D eigenvalue weighted by atomic mass is 9.85. The molecule has 12 nitrogen and oxygen atoms in total. The number of aromatic nitrogens is 2. The van der Waals surface area contributed by atoms with Crippen LogP contribution in [0.5, 0.6) is 23.0 Å². The molecule has 0 saturated heterocycles. The van der Waals surface area contributed by atoms with E-state index in [-0.39, 0.29) is 0 Å². The van der Waals surface area contributed by atoms with Crippen LogP contribution in [0, 0.1) is 0 Å². The van der Waals surface area contributed by atoms with E-state index in [0.29, 0.717) is 66.2 Å². The SMILES string of the molecule is C[N+](C)(C)CCCOc1ccc(C2=c3ccc([nH]3)=C(c3ccc(OCCC[N+](C)(C)C)cc3)c3ccc([nH]3)C(Cl)(c3ccc(OCCC[N+](C)(C)C)cc3)C3(Cl)C=CC(=N3)C(Cl)(c3ccc(OCCC[N+](C)(C)C)cc3)C3(Cl)C=CC2=N3)cc1. The van der Waals surface area contributed by atoms with Gasteiger partial charge in [0.2, 0.25) is 0 Å². The highest BCUT2D eigenvalue weighted by molar-refractivity contribution is 6.48. The monoisotopic (exact) mass is 1220 g/mol. The Bertz CT molecular complexity index is 3510. The van der Waals surface area contributed by atoms with E-state index in [4.69, 9.17) is 75.3 Å². The lowest BCUT2D eigenvalue weighted by Crippen LogP contribution is -2.47. The Balaban J connectivity index is 1.23. The molecule has 8 bridgehead atoms. The van der Waals surface area contributed by atoms with E-state index in [1.807, 2.05) is 103 Å². The summed E-state index contributed by atoms with van der Waals surface area (Å²) in [5.41, 5.74) is 7.16. The first kappa shape index (κ1) is 62.7. The van der Waals surface area contributed by atoms with Gasteiger partial charge in [-0.3, -0.25) is 9.98 Å². The Labute approximate surface area is 518 Å². The fraction of sp³-hybridized carbons (Fsp3) is 0.412. The van der Waals surface area contributed by atoms with Crippen molar-refractivity contribution in [3.05, 3.63) is 190 Å². The zero-order valence-corrected chi connectivity index (χ0v) is 54.2. The van der Waals surface area contributed by atoms with Crippen molar-refractivity contribution in [2.75, 3.05) is 137 Å². The molecule has 3 aliphatic rings. The van der Waals surface area contributed by atoms with Gasteiger partial charge >= 0.3 is 0 Å². The maximum absolute atomic E-state index is 8.37. The number of halogens is 4. The van der Waals surface area contributed by atoms with Gasteiger partial charge in [-0.1, -0.05) is 71.7 Å². The highest BCUT2D eigenvalue weighted by atomic mass is 35.5. The number of allylic oxidation sites excluding steroid dienone is 2. The van der Waals surface area contributed by atoms with Crippen molar-refractivity contribution in [2.45, 2.75) is 45.4 Å². The average molecular weight is 1220 g/mol. The first-order chi connectivity index (χ1) is 39.5. The maximum Gasteiger partial charge on any atom is 0.181 e. The van der Waals surface area contributed by atoms with Crippen molar-refractivity contribution in [1.29, 1.82) is 0 Å². The highest BCUT2D eigenvalue weighted by Gasteiger charge is 2.60. The van der Waals surface area contributed by atoms with Crippen molar-refractivity contribution < 1.29 is 36.9 Å². The Kier molecular flexibility index (Phi) is 18.6. The zero-order chi connectivity index (χ0) is 60.4. The molecule has 84 heavy (non-hydrogen) atoms. The van der Waals surface area contributed by atoms with E-state index < -0.39 is 19.7 Å². The first-order valence-electron chi connectivity index (χ1n) is 29.2. The lowest BCUT2D eigenvalue weighted by Gasteiger charge is -2.39. The van der Waals surface area contributed by atoms with Gasteiger partial charge in [-0.15, -0.1) is 23.2 Å². The van der Waals surface area contributed by atoms with Crippen LogP contribution in [0.15, 0.2) is 156 Å². The number of fused-ring (bicyclic) bond motifs is 6. The van der Waals surface area contributed by atoms with E-state index >= 15 is 0 Å². The number of ether oxygens (including phenoxy) is 4. The van der Waals surface area contributed by atoms with Gasteiger partial charge in [-0.2, -0.15) is 0 Å². The van der Waals surface area contributed by atoms with Crippen LogP contribution in [0.1, 0.15) is 59.3 Å². The summed E-state index contributed by atoms with van der Waals surface area (Å²) < 4.78 is 28.6. The number of benzene rings is 4. The minimum atomic E-state index is -1.69. The second-order valence-corrected chi connectivity index (χ2v) is 28.9. The molecule has 16 heteroatoms. The number of rotatable bonds is 24. The van der Waals surface area contributed by atoms with E-state index in [1.165, 1.54) is 0 Å². The normalized spacial score (nSPS) is 21.6. The number of nitrogens with zero attached hydrogens (tertiary/aromatic N) is 6. The number of aliphatic imine (C=N–C) groups is 2. The molecule has 3 aliphatic heterocycles. The van der Waals surface area contributed by atoms with Crippen LogP contribution in [0.2, 0.25) is 0 Å². The van der Waals surface area contributed by atoms with Crippen molar-refractivity contribution in [2.24, 2.45) is 9.98 Å². The molecule has 4 atom stereocenters. The number of aromatic amines is 2. The van der Waals surface area contributed by atoms with Crippen molar-refractivity contribution >= 4 is 69.0 Å². The molecule has 0 spiro atoms. The summed E-state index contributed by atoms with van der Waals surface area (Å²) >= 11 is 33.0. The maximum atomic E-state index is 8.37. The molecule has 6 aromatic rings. The second-order valence-electron chi connectivity index (χ2n) is 26.6. The lowest BCUT2D eigenvalue weighted by molar-refractivity contribution is -0.870. The fourth-order valence-electron chi connectivity index (χ4n) is 10.9. The number of nitrogens with one attached hydrogen (secondary N) is 2. The molecule has 2 aromatic heterocycles. The molecule has 2 N–H and O–H groups in total. The third-order valence-corrected chi connectivity index (χ3v) is 18.0. The average Bonchev–Trinajstić information content (AvgIpc) is 1.55. The van der Waals surface area contributed by atoms with Crippen LogP contribution in [-0.2, 0) is 9.75 Å². The van der Waals surface area contributed by atoms with Crippen molar-refractivity contribution in [3.63, 3.8) is 0 Å². The van der Waals surface area contributed by atoms with Crippen LogP contribution in [0.25, 0.3) is 11.1 Å². The molecular weight excluding hydrogens is 1130 g/mol. The van der Waals surface area contributed by atoms with Gasteiger partial charge in [0, 0.05) is 58.9 Å². The first-order valence-corrected chi connectivity index (χ1v) is 30.7. The molecule has 9 rings (SSSR count). The summed E-state index contributed by atoms with van der Waals surface area (Å²) in [4.78, 5) is 12.0. The Morgan fingerprint density at radius 3 is 1.19 bits per heavy atom. The minimum Gasteiger partial charge on any atom is -0.493 e. The standard InChI is InChI=1S/C68H86Cl4N8O4/c1-77(2,3)41-13-45-81-53-25-17-49(18-26-53)63-57-33-34-58(73-57)64(50-19-27-54(28-20-50)82-46-14-42-78(4,5)6)60-37-39-65(69,75-60)68(72,52-23-31-56(32-24-52)84-48-16-44-80(10,11)12)62-38-40-66(70,76-62)67(71,61-36-35-59(63)74-61)51-21-29-55(30-22-51)83-47-15-43-79(7,8)9/h17-40,73-74H,13-16,41-48H2,1-12H3/q+4.